The van der Waals surface area contributed by atoms with E-state index in [0.29, 0.717) is 24.7 Å². The number of carboxylic acid groups (broad SMARTS) is 1. The van der Waals surface area contributed by atoms with Crippen molar-refractivity contribution in [3.8, 4) is 0 Å². The van der Waals surface area contributed by atoms with Gasteiger partial charge in [0, 0.05) is 37.3 Å². The summed E-state index contributed by atoms with van der Waals surface area (Å²) in [5.74, 6) is -1.34. The Morgan fingerprint density at radius 1 is 1.24 bits per heavy atom. The maximum absolute atomic E-state index is 15.1. The number of piperidine rings is 1. The summed E-state index contributed by atoms with van der Waals surface area (Å²) in [7, 11) is 0. The van der Waals surface area contributed by atoms with Crippen molar-refractivity contribution in [3.63, 3.8) is 0 Å². The number of fused-ring (bicyclic) bond motifs is 2. The number of carbonyl (C=O) groups excluding carboxylic acids is 1. The molecule has 9 nitrogen and oxygen atoms in total. The van der Waals surface area contributed by atoms with Gasteiger partial charge >= 0.3 is 12.1 Å². The zero-order valence-electron chi connectivity index (χ0n) is 18.8. The van der Waals surface area contributed by atoms with Crippen molar-refractivity contribution in [2.45, 2.75) is 57.7 Å². The van der Waals surface area contributed by atoms with E-state index >= 15 is 4.39 Å². The van der Waals surface area contributed by atoms with Gasteiger partial charge in [0.2, 0.25) is 5.43 Å². The second-order valence-electron chi connectivity index (χ2n) is 10.2. The number of alkyl carbamates (subject to hydrolysis) is 1. The Morgan fingerprint density at radius 3 is 2.61 bits per heavy atom. The van der Waals surface area contributed by atoms with E-state index in [0.717, 1.165) is 25.3 Å². The van der Waals surface area contributed by atoms with Crippen LogP contribution in [-0.4, -0.2) is 51.5 Å². The van der Waals surface area contributed by atoms with E-state index in [-0.39, 0.29) is 34.8 Å². The van der Waals surface area contributed by atoms with Crippen LogP contribution in [0.3, 0.4) is 0 Å². The number of amides is 1. The van der Waals surface area contributed by atoms with E-state index in [9.17, 15) is 19.5 Å². The van der Waals surface area contributed by atoms with Crippen LogP contribution in [0.5, 0.6) is 0 Å². The zero-order valence-corrected chi connectivity index (χ0v) is 18.8. The van der Waals surface area contributed by atoms with Gasteiger partial charge in [-0.2, -0.15) is 0 Å². The minimum Gasteiger partial charge on any atom is -0.477 e. The number of aromatic carboxylic acids is 1. The summed E-state index contributed by atoms with van der Waals surface area (Å²) < 4.78 is 22.1. The lowest BCUT2D eigenvalue weighted by atomic mass is 10.1. The van der Waals surface area contributed by atoms with Crippen molar-refractivity contribution in [1.82, 2.24) is 14.9 Å². The number of hydrogen-bond donors (Lipinski definition) is 2. The third kappa shape index (κ3) is 4.02. The van der Waals surface area contributed by atoms with E-state index in [1.54, 1.807) is 4.57 Å². The van der Waals surface area contributed by atoms with Gasteiger partial charge in [0.25, 0.3) is 0 Å². The second-order valence-corrected chi connectivity index (χ2v) is 10.2. The molecule has 2 aromatic rings. The number of hydrogen-bond acceptors (Lipinski definition) is 6. The maximum Gasteiger partial charge on any atom is 0.407 e. The minimum absolute atomic E-state index is 0.0175. The average Bonchev–Trinajstić information content (AvgIpc) is 3.63. The number of carbonyl (C=O) groups is 2. The van der Waals surface area contributed by atoms with Crippen LogP contribution in [0.15, 0.2) is 17.1 Å². The number of nitrogens with one attached hydrogen (secondary N) is 1. The van der Waals surface area contributed by atoms with Crippen molar-refractivity contribution in [3.05, 3.63) is 33.9 Å². The smallest absolute Gasteiger partial charge is 0.407 e. The molecule has 2 saturated carbocycles. The van der Waals surface area contributed by atoms with Crippen LogP contribution in [0, 0.1) is 17.7 Å². The molecule has 5 rings (SSSR count). The topological polar surface area (TPSA) is 114 Å². The number of anilines is 1. The highest BCUT2D eigenvalue weighted by atomic mass is 19.1. The number of carboxylic acids is 1. The largest absolute Gasteiger partial charge is 0.477 e. The lowest BCUT2D eigenvalue weighted by molar-refractivity contribution is 0.0518. The van der Waals surface area contributed by atoms with Gasteiger partial charge in [-0.25, -0.2) is 19.0 Å². The lowest BCUT2D eigenvalue weighted by Crippen LogP contribution is -2.35. The van der Waals surface area contributed by atoms with Crippen molar-refractivity contribution < 1.29 is 23.8 Å². The molecule has 0 radical (unpaired) electrons. The number of aromatic nitrogens is 2. The fourth-order valence-corrected chi connectivity index (χ4v) is 4.83. The van der Waals surface area contributed by atoms with Crippen molar-refractivity contribution >= 4 is 28.9 Å². The predicted molar refractivity (Wildman–Crippen MR) is 118 cm³/mol. The van der Waals surface area contributed by atoms with E-state index < -0.39 is 28.9 Å². The van der Waals surface area contributed by atoms with Crippen LogP contribution >= 0.6 is 0 Å². The Balaban J connectivity index is 1.41. The highest BCUT2D eigenvalue weighted by molar-refractivity contribution is 5.92. The first kappa shape index (κ1) is 21.7. The normalized spacial score (nSPS) is 24.4. The van der Waals surface area contributed by atoms with Gasteiger partial charge in [-0.1, -0.05) is 0 Å². The van der Waals surface area contributed by atoms with Gasteiger partial charge in [0.1, 0.15) is 16.8 Å². The number of pyridine rings is 2. The fraction of sp³-hybridized carbons (Fsp3) is 0.565. The Labute approximate surface area is 189 Å². The summed E-state index contributed by atoms with van der Waals surface area (Å²) in [4.78, 5) is 42.6. The third-order valence-electron chi connectivity index (χ3n) is 6.59. The summed E-state index contributed by atoms with van der Waals surface area (Å²) in [6.45, 7) is 6.53. The molecule has 1 amide bonds. The van der Waals surface area contributed by atoms with Crippen molar-refractivity contribution in [2.24, 2.45) is 11.8 Å². The third-order valence-corrected chi connectivity index (χ3v) is 6.59. The molecule has 2 N–H and O–H groups in total. The standard InChI is InChI=1S/C23H27FN4O5/c1-23(2,3)33-22(32)25-17-12-6-7-27(9-14(12)17)20-16(24)8-13-18(29)15(21(30)31)10-28(11-4-5-11)19(13)26-20/h8,10-12,14,17H,4-7,9H2,1-3H3,(H,25,32)(H,30,31). The Kier molecular flexibility index (Phi) is 4.88. The summed E-state index contributed by atoms with van der Waals surface area (Å²) >= 11 is 0. The Morgan fingerprint density at radius 2 is 1.97 bits per heavy atom. The van der Waals surface area contributed by atoms with Crippen LogP contribution in [-0.2, 0) is 4.74 Å². The Bertz CT molecular complexity index is 1220. The van der Waals surface area contributed by atoms with Gasteiger partial charge in [0.15, 0.2) is 11.6 Å². The predicted octanol–water partition coefficient (Wildman–Crippen LogP) is 2.92. The molecule has 0 aromatic carbocycles. The van der Waals surface area contributed by atoms with Crippen LogP contribution in [0.4, 0.5) is 15.0 Å². The summed E-state index contributed by atoms with van der Waals surface area (Å²) in [6.07, 6.45) is 3.37. The van der Waals surface area contributed by atoms with Crippen LogP contribution in [0.25, 0.3) is 11.0 Å². The van der Waals surface area contributed by atoms with Crippen LogP contribution in [0.1, 0.15) is 56.4 Å². The van der Waals surface area contributed by atoms with E-state index in [4.69, 9.17) is 4.74 Å². The average molecular weight is 458 g/mol. The molecule has 176 valence electrons. The summed E-state index contributed by atoms with van der Waals surface area (Å²) in [5.41, 5.74) is -1.37. The van der Waals surface area contributed by atoms with Crippen molar-refractivity contribution in [2.75, 3.05) is 18.0 Å². The number of rotatable bonds is 4. The van der Waals surface area contributed by atoms with Crippen LogP contribution < -0.4 is 15.6 Å². The monoisotopic (exact) mass is 458 g/mol. The summed E-state index contributed by atoms with van der Waals surface area (Å²) in [5, 5.41) is 12.3. The van der Waals surface area contributed by atoms with E-state index in [1.807, 2.05) is 25.7 Å². The maximum atomic E-state index is 15.1. The van der Waals surface area contributed by atoms with Crippen molar-refractivity contribution in [1.29, 1.82) is 0 Å². The quantitative estimate of drug-likeness (QED) is 0.724. The first-order valence-corrected chi connectivity index (χ1v) is 11.3. The molecule has 3 heterocycles. The molecule has 1 aliphatic heterocycles. The molecule has 2 aliphatic carbocycles. The highest BCUT2D eigenvalue weighted by Gasteiger charge is 2.54. The molecular formula is C23H27FN4O5. The Hall–Kier alpha value is -3.17. The first-order chi connectivity index (χ1) is 15.5. The van der Waals surface area contributed by atoms with Crippen LogP contribution in [0.2, 0.25) is 0 Å². The molecule has 3 atom stereocenters. The molecule has 3 aliphatic rings. The van der Waals surface area contributed by atoms with Gasteiger partial charge in [-0.3, -0.25) is 4.79 Å². The molecule has 3 unspecified atom stereocenters. The molecule has 0 spiro atoms. The first-order valence-electron chi connectivity index (χ1n) is 11.3. The van der Waals surface area contributed by atoms with E-state index in [1.165, 1.54) is 6.20 Å². The summed E-state index contributed by atoms with van der Waals surface area (Å²) in [6, 6.07) is 1.16. The lowest BCUT2D eigenvalue weighted by Gasteiger charge is -2.28. The van der Waals surface area contributed by atoms with Gasteiger partial charge in [-0.15, -0.1) is 0 Å². The molecule has 2 aromatic heterocycles. The molecular weight excluding hydrogens is 431 g/mol. The minimum atomic E-state index is -1.33. The number of ether oxygens (including phenoxy) is 1. The van der Waals surface area contributed by atoms with Gasteiger partial charge in [-0.05, 0) is 52.0 Å². The molecule has 3 fully saturated rings. The second kappa shape index (κ2) is 7.43. The zero-order chi connectivity index (χ0) is 23.7. The van der Waals surface area contributed by atoms with E-state index in [2.05, 4.69) is 10.3 Å². The molecule has 1 saturated heterocycles. The SMILES string of the molecule is CC(C)(C)OC(=O)NC1C2CCN(c3nc4c(cc3F)c(=O)c(C(=O)O)cn4C3CC3)CC21. The molecule has 10 heteroatoms. The van der Waals surface area contributed by atoms with Gasteiger partial charge in [0.05, 0.1) is 5.39 Å². The van der Waals surface area contributed by atoms with Gasteiger partial charge < -0.3 is 24.6 Å². The fourth-order valence-electron chi connectivity index (χ4n) is 4.83. The number of halogens is 1. The molecule has 0 bridgehead atoms. The number of nitrogens with zero attached hydrogens (tertiary/aromatic N) is 3. The molecule has 33 heavy (non-hydrogen) atoms. The highest BCUT2D eigenvalue weighted by Crippen LogP contribution is 2.46.